The third-order valence-corrected chi connectivity index (χ3v) is 3.68. The number of hydrogen-bond acceptors (Lipinski definition) is 0. The standard InChI is InChI=1S/C18H10/c1-2-12-7-8-13-9-10-16-15-6-4-3-5-14(15)11-17(12)18(13)16/h1,3-11H. The van der Waals surface area contributed by atoms with Gasteiger partial charge in [0.15, 0.2) is 0 Å². The van der Waals surface area contributed by atoms with E-state index in [2.05, 4.69) is 54.5 Å². The topological polar surface area (TPSA) is 0 Å². The third-order valence-electron chi connectivity index (χ3n) is 3.68. The highest BCUT2D eigenvalue weighted by Gasteiger charge is 2.14. The summed E-state index contributed by atoms with van der Waals surface area (Å²) in [7, 11) is 0. The maximum absolute atomic E-state index is 5.61. The van der Waals surface area contributed by atoms with Gasteiger partial charge in [0.1, 0.15) is 0 Å². The summed E-state index contributed by atoms with van der Waals surface area (Å²) >= 11 is 0. The summed E-state index contributed by atoms with van der Waals surface area (Å²) in [5.74, 6) is 2.79. The SMILES string of the molecule is C#Cc1ccc2c3c(c4ccccc4cc13)C=C2. The van der Waals surface area contributed by atoms with Crippen LogP contribution >= 0.6 is 0 Å². The quantitative estimate of drug-likeness (QED) is 0.307. The smallest absolute Gasteiger partial charge is 0.0321 e. The Morgan fingerprint density at radius 2 is 1.78 bits per heavy atom. The zero-order chi connectivity index (χ0) is 12.1. The second-order valence-electron chi connectivity index (χ2n) is 4.61. The molecule has 82 valence electrons. The molecule has 0 nitrogen and oxygen atoms in total. The Hall–Kier alpha value is -2.52. The van der Waals surface area contributed by atoms with Crippen LogP contribution in [-0.2, 0) is 0 Å². The van der Waals surface area contributed by atoms with Crippen molar-refractivity contribution in [3.05, 3.63) is 59.2 Å². The van der Waals surface area contributed by atoms with Gasteiger partial charge in [0.05, 0.1) is 0 Å². The van der Waals surface area contributed by atoms with Crippen LogP contribution in [0.3, 0.4) is 0 Å². The first-order valence-corrected chi connectivity index (χ1v) is 6.01. The van der Waals surface area contributed by atoms with Crippen molar-refractivity contribution in [2.75, 3.05) is 0 Å². The number of rotatable bonds is 0. The van der Waals surface area contributed by atoms with Crippen molar-refractivity contribution >= 4 is 33.7 Å². The second kappa shape index (κ2) is 3.24. The molecule has 0 aliphatic heterocycles. The van der Waals surface area contributed by atoms with Gasteiger partial charge in [-0.15, -0.1) is 6.42 Å². The van der Waals surface area contributed by atoms with Crippen LogP contribution in [0.1, 0.15) is 16.7 Å². The summed E-state index contributed by atoms with van der Waals surface area (Å²) in [6.07, 6.45) is 9.98. The molecule has 0 unspecified atom stereocenters. The maximum atomic E-state index is 5.61. The van der Waals surface area contributed by atoms with Crippen LogP contribution in [0.25, 0.3) is 33.7 Å². The minimum atomic E-state index is 0.976. The average molecular weight is 226 g/mol. The van der Waals surface area contributed by atoms with Crippen LogP contribution in [0.2, 0.25) is 0 Å². The Balaban J connectivity index is 2.36. The lowest BCUT2D eigenvalue weighted by atomic mass is 9.94. The van der Waals surface area contributed by atoms with Crippen molar-refractivity contribution in [3.8, 4) is 12.3 Å². The van der Waals surface area contributed by atoms with Gasteiger partial charge in [-0.05, 0) is 44.8 Å². The number of fused-ring (bicyclic) bond motifs is 2. The Bertz CT molecular complexity index is 874. The summed E-state index contributed by atoms with van der Waals surface area (Å²) in [4.78, 5) is 0. The van der Waals surface area contributed by atoms with E-state index in [1.165, 1.54) is 32.7 Å². The van der Waals surface area contributed by atoms with Crippen LogP contribution in [0.4, 0.5) is 0 Å². The predicted octanol–water partition coefficient (Wildman–Crippen LogP) is 4.46. The van der Waals surface area contributed by atoms with Gasteiger partial charge < -0.3 is 0 Å². The zero-order valence-corrected chi connectivity index (χ0v) is 9.77. The molecule has 4 rings (SSSR count). The number of hydrogen-bond donors (Lipinski definition) is 0. The van der Waals surface area contributed by atoms with Gasteiger partial charge in [-0.25, -0.2) is 0 Å². The van der Waals surface area contributed by atoms with Gasteiger partial charge in [-0.2, -0.15) is 0 Å². The van der Waals surface area contributed by atoms with E-state index in [0.29, 0.717) is 0 Å². The van der Waals surface area contributed by atoms with Crippen molar-refractivity contribution in [1.82, 2.24) is 0 Å². The molecule has 3 aromatic carbocycles. The first-order valence-electron chi connectivity index (χ1n) is 6.01. The monoisotopic (exact) mass is 226 g/mol. The molecule has 0 heteroatoms. The van der Waals surface area contributed by atoms with Crippen molar-refractivity contribution in [3.63, 3.8) is 0 Å². The van der Waals surface area contributed by atoms with Crippen LogP contribution in [0.5, 0.6) is 0 Å². The van der Waals surface area contributed by atoms with Crippen LogP contribution < -0.4 is 0 Å². The van der Waals surface area contributed by atoms with E-state index in [4.69, 9.17) is 6.42 Å². The molecule has 0 amide bonds. The molecule has 0 aromatic heterocycles. The van der Waals surface area contributed by atoms with Crippen molar-refractivity contribution in [2.45, 2.75) is 0 Å². The minimum Gasteiger partial charge on any atom is -0.115 e. The Morgan fingerprint density at radius 3 is 2.67 bits per heavy atom. The summed E-state index contributed by atoms with van der Waals surface area (Å²) in [5.41, 5.74) is 3.55. The molecule has 0 heterocycles. The van der Waals surface area contributed by atoms with E-state index in [-0.39, 0.29) is 0 Å². The largest absolute Gasteiger partial charge is 0.115 e. The molecule has 0 atom stereocenters. The maximum Gasteiger partial charge on any atom is 0.0321 e. The number of terminal acetylenes is 1. The molecule has 1 aliphatic carbocycles. The van der Waals surface area contributed by atoms with Crippen molar-refractivity contribution in [1.29, 1.82) is 0 Å². The van der Waals surface area contributed by atoms with Gasteiger partial charge in [0, 0.05) is 5.56 Å². The Labute approximate surface area is 106 Å². The third kappa shape index (κ3) is 1.06. The Morgan fingerprint density at radius 1 is 0.889 bits per heavy atom. The van der Waals surface area contributed by atoms with Gasteiger partial charge in [0.2, 0.25) is 0 Å². The van der Waals surface area contributed by atoms with E-state index >= 15 is 0 Å². The van der Waals surface area contributed by atoms with Crippen molar-refractivity contribution < 1.29 is 0 Å². The molecule has 0 radical (unpaired) electrons. The molecule has 18 heavy (non-hydrogen) atoms. The molecular weight excluding hydrogens is 216 g/mol. The van der Waals surface area contributed by atoms with E-state index in [9.17, 15) is 0 Å². The lowest BCUT2D eigenvalue weighted by Gasteiger charge is -2.08. The molecule has 0 N–H and O–H groups in total. The van der Waals surface area contributed by atoms with Gasteiger partial charge in [0.25, 0.3) is 0 Å². The fourth-order valence-corrected chi connectivity index (χ4v) is 2.86. The second-order valence-corrected chi connectivity index (χ2v) is 4.61. The molecular formula is C18H10. The van der Waals surface area contributed by atoms with Gasteiger partial charge >= 0.3 is 0 Å². The highest BCUT2D eigenvalue weighted by molar-refractivity contribution is 6.15. The lowest BCUT2D eigenvalue weighted by Crippen LogP contribution is -1.86. The zero-order valence-electron chi connectivity index (χ0n) is 9.77. The average Bonchev–Trinajstić information content (AvgIpc) is 2.85. The van der Waals surface area contributed by atoms with Crippen LogP contribution in [0, 0.1) is 12.3 Å². The summed E-state index contributed by atoms with van der Waals surface area (Å²) in [6, 6.07) is 14.8. The Kier molecular flexibility index (Phi) is 1.71. The van der Waals surface area contributed by atoms with E-state index < -0.39 is 0 Å². The van der Waals surface area contributed by atoms with E-state index in [1.54, 1.807) is 0 Å². The summed E-state index contributed by atoms with van der Waals surface area (Å²) in [5, 5.41) is 5.03. The predicted molar refractivity (Wildman–Crippen MR) is 78.3 cm³/mol. The lowest BCUT2D eigenvalue weighted by molar-refractivity contribution is 1.70. The van der Waals surface area contributed by atoms with E-state index in [1.807, 2.05) is 6.07 Å². The number of benzene rings is 3. The van der Waals surface area contributed by atoms with Crippen molar-refractivity contribution in [2.24, 2.45) is 0 Å². The molecule has 3 aromatic rings. The normalized spacial score (nSPS) is 12.2. The van der Waals surface area contributed by atoms with Crippen LogP contribution in [0.15, 0.2) is 42.5 Å². The summed E-state index contributed by atoms with van der Waals surface area (Å²) in [6.45, 7) is 0. The fourth-order valence-electron chi connectivity index (χ4n) is 2.86. The first-order chi connectivity index (χ1) is 8.88. The fraction of sp³-hybridized carbons (Fsp3) is 0. The highest BCUT2D eigenvalue weighted by atomic mass is 14.2. The van der Waals surface area contributed by atoms with Gasteiger partial charge in [-0.3, -0.25) is 0 Å². The molecule has 0 bridgehead atoms. The molecule has 1 aliphatic rings. The summed E-state index contributed by atoms with van der Waals surface area (Å²) < 4.78 is 0. The van der Waals surface area contributed by atoms with Gasteiger partial charge in [-0.1, -0.05) is 48.4 Å². The molecule has 0 saturated carbocycles. The minimum absolute atomic E-state index is 0.976. The highest BCUT2D eigenvalue weighted by Crippen LogP contribution is 2.38. The molecule has 0 fully saturated rings. The van der Waals surface area contributed by atoms with Crippen LogP contribution in [-0.4, -0.2) is 0 Å². The molecule has 0 spiro atoms. The first kappa shape index (κ1) is 9.50. The van der Waals surface area contributed by atoms with E-state index in [0.717, 1.165) is 5.56 Å². The molecule has 0 saturated heterocycles.